The van der Waals surface area contributed by atoms with Gasteiger partial charge in [0.25, 0.3) is 0 Å². The van der Waals surface area contributed by atoms with Gasteiger partial charge in [-0.25, -0.2) is 0 Å². The molecule has 0 unspecified atom stereocenters. The zero-order valence-corrected chi connectivity index (χ0v) is 13.8. The van der Waals surface area contributed by atoms with Gasteiger partial charge in [-0.3, -0.25) is 0 Å². The molecule has 0 aliphatic rings. The number of phenolic OH excluding ortho intramolecular Hbond substituents is 1. The minimum atomic E-state index is -4.29. The first-order valence-corrected chi connectivity index (χ1v) is 7.93. The zero-order valence-electron chi connectivity index (χ0n) is 13.8. The summed E-state index contributed by atoms with van der Waals surface area (Å²) in [6.07, 6.45) is -2.51. The highest BCUT2D eigenvalue weighted by atomic mass is 19.4. The van der Waals surface area contributed by atoms with Crippen molar-refractivity contribution in [3.63, 3.8) is 0 Å². The summed E-state index contributed by atoms with van der Waals surface area (Å²) in [5.41, 5.74) is 2.23. The number of hydrogen-bond acceptors (Lipinski definition) is 2. The average Bonchev–Trinajstić information content (AvgIpc) is 2.53. The molecule has 5 heteroatoms. The Balaban J connectivity index is 1.80. The SMILES string of the molecule is Cc1cc(CC[C@@H](C)NCc2ccc(C(F)(F)F)cc2)ccc1O. The van der Waals surface area contributed by atoms with Gasteiger partial charge in [-0.05, 0) is 61.6 Å². The molecule has 2 N–H and O–H groups in total. The molecule has 2 nitrogen and oxygen atoms in total. The maximum Gasteiger partial charge on any atom is 0.416 e. The Morgan fingerprint density at radius 3 is 2.25 bits per heavy atom. The van der Waals surface area contributed by atoms with Gasteiger partial charge < -0.3 is 10.4 Å². The molecular formula is C19H22F3NO. The van der Waals surface area contributed by atoms with Crippen LogP contribution in [0.2, 0.25) is 0 Å². The lowest BCUT2D eigenvalue weighted by Crippen LogP contribution is -2.26. The van der Waals surface area contributed by atoms with E-state index in [-0.39, 0.29) is 6.04 Å². The van der Waals surface area contributed by atoms with Gasteiger partial charge in [-0.15, -0.1) is 0 Å². The molecule has 2 aromatic carbocycles. The first-order chi connectivity index (χ1) is 11.3. The molecule has 0 bridgehead atoms. The quantitative estimate of drug-likeness (QED) is 0.791. The molecule has 1 atom stereocenters. The number of phenols is 1. The van der Waals surface area contributed by atoms with Crippen LogP contribution in [0, 0.1) is 6.92 Å². The highest BCUT2D eigenvalue weighted by Crippen LogP contribution is 2.29. The van der Waals surface area contributed by atoms with Crippen LogP contribution in [0.5, 0.6) is 5.75 Å². The molecule has 2 aromatic rings. The predicted octanol–water partition coefficient (Wildman–Crippen LogP) is 4.83. The number of benzene rings is 2. The van der Waals surface area contributed by atoms with Crippen LogP contribution in [0.4, 0.5) is 13.2 Å². The van der Waals surface area contributed by atoms with Crippen molar-refractivity contribution in [2.75, 3.05) is 0 Å². The van der Waals surface area contributed by atoms with E-state index < -0.39 is 11.7 Å². The smallest absolute Gasteiger partial charge is 0.416 e. The van der Waals surface area contributed by atoms with Gasteiger partial charge in [0, 0.05) is 12.6 Å². The monoisotopic (exact) mass is 337 g/mol. The van der Waals surface area contributed by atoms with Crippen LogP contribution in [0.1, 0.15) is 35.6 Å². The number of halogens is 3. The number of alkyl halides is 3. The fraction of sp³-hybridized carbons (Fsp3) is 0.368. The van der Waals surface area contributed by atoms with E-state index in [9.17, 15) is 18.3 Å². The maximum atomic E-state index is 12.5. The fourth-order valence-corrected chi connectivity index (χ4v) is 2.46. The van der Waals surface area contributed by atoms with Crippen LogP contribution in [0.15, 0.2) is 42.5 Å². The van der Waals surface area contributed by atoms with Gasteiger partial charge in [0.05, 0.1) is 5.56 Å². The largest absolute Gasteiger partial charge is 0.508 e. The Kier molecular flexibility index (Phi) is 5.89. The highest BCUT2D eigenvalue weighted by Gasteiger charge is 2.29. The third-order valence-electron chi connectivity index (χ3n) is 4.06. The summed E-state index contributed by atoms with van der Waals surface area (Å²) >= 11 is 0. The Labute approximate surface area is 140 Å². The molecule has 0 aliphatic heterocycles. The van der Waals surface area contributed by atoms with Crippen molar-refractivity contribution < 1.29 is 18.3 Å². The van der Waals surface area contributed by atoms with E-state index in [0.29, 0.717) is 12.3 Å². The molecule has 0 aliphatic carbocycles. The highest BCUT2D eigenvalue weighted by molar-refractivity contribution is 5.35. The van der Waals surface area contributed by atoms with E-state index in [1.165, 1.54) is 12.1 Å². The summed E-state index contributed by atoms with van der Waals surface area (Å²) in [4.78, 5) is 0. The van der Waals surface area contributed by atoms with Crippen LogP contribution in [-0.4, -0.2) is 11.1 Å². The fourth-order valence-electron chi connectivity index (χ4n) is 2.46. The van der Waals surface area contributed by atoms with Crippen LogP contribution >= 0.6 is 0 Å². The van der Waals surface area contributed by atoms with E-state index in [2.05, 4.69) is 12.2 Å². The third kappa shape index (κ3) is 5.27. The average molecular weight is 337 g/mol. The summed E-state index contributed by atoms with van der Waals surface area (Å²) < 4.78 is 37.6. The summed E-state index contributed by atoms with van der Waals surface area (Å²) in [7, 11) is 0. The van der Waals surface area contributed by atoms with Crippen molar-refractivity contribution in [3.05, 3.63) is 64.7 Å². The van der Waals surface area contributed by atoms with Crippen molar-refractivity contribution in [1.29, 1.82) is 0 Å². The van der Waals surface area contributed by atoms with Gasteiger partial charge in [0.1, 0.15) is 5.75 Å². The van der Waals surface area contributed by atoms with E-state index in [1.54, 1.807) is 6.07 Å². The third-order valence-corrected chi connectivity index (χ3v) is 4.06. The molecule has 0 saturated heterocycles. The van der Waals surface area contributed by atoms with Gasteiger partial charge in [-0.2, -0.15) is 13.2 Å². The van der Waals surface area contributed by atoms with Crippen LogP contribution in [-0.2, 0) is 19.1 Å². The standard InChI is InChI=1S/C19H22F3NO/c1-13-11-15(7-10-18(13)24)4-3-14(2)23-12-16-5-8-17(9-6-16)19(20,21)22/h5-11,14,23-24H,3-4,12H2,1-2H3/t14-/m1/s1. The van der Waals surface area contributed by atoms with Gasteiger partial charge in [-0.1, -0.05) is 24.3 Å². The van der Waals surface area contributed by atoms with E-state index in [4.69, 9.17) is 0 Å². The molecule has 130 valence electrons. The second-order valence-electron chi connectivity index (χ2n) is 6.14. The summed E-state index contributed by atoms with van der Waals surface area (Å²) in [6.45, 7) is 4.45. The molecule has 0 aromatic heterocycles. The first kappa shape index (κ1) is 18.3. The van der Waals surface area contributed by atoms with Crippen molar-refractivity contribution in [1.82, 2.24) is 5.32 Å². The molecule has 0 amide bonds. The van der Waals surface area contributed by atoms with Crippen LogP contribution < -0.4 is 5.32 Å². The number of nitrogens with one attached hydrogen (secondary N) is 1. The number of hydrogen-bond donors (Lipinski definition) is 2. The molecule has 0 radical (unpaired) electrons. The van der Waals surface area contributed by atoms with Crippen molar-refractivity contribution in [3.8, 4) is 5.75 Å². The lowest BCUT2D eigenvalue weighted by molar-refractivity contribution is -0.137. The zero-order chi connectivity index (χ0) is 17.7. The van der Waals surface area contributed by atoms with E-state index in [1.807, 2.05) is 19.1 Å². The Hall–Kier alpha value is -2.01. The second kappa shape index (κ2) is 7.71. The van der Waals surface area contributed by atoms with Crippen LogP contribution in [0.3, 0.4) is 0 Å². The maximum absolute atomic E-state index is 12.5. The molecule has 0 saturated carbocycles. The Bertz CT molecular complexity index is 665. The Morgan fingerprint density at radius 1 is 1.04 bits per heavy atom. The minimum Gasteiger partial charge on any atom is -0.508 e. The number of aromatic hydroxyl groups is 1. The van der Waals surface area contributed by atoms with Gasteiger partial charge >= 0.3 is 6.18 Å². The van der Waals surface area contributed by atoms with Crippen LogP contribution in [0.25, 0.3) is 0 Å². The molecular weight excluding hydrogens is 315 g/mol. The molecule has 2 rings (SSSR count). The summed E-state index contributed by atoms with van der Waals surface area (Å²) in [5.74, 6) is 0.298. The van der Waals surface area contributed by atoms with E-state index in [0.717, 1.165) is 41.7 Å². The lowest BCUT2D eigenvalue weighted by Gasteiger charge is -2.15. The summed E-state index contributed by atoms with van der Waals surface area (Å²) in [5, 5.41) is 12.8. The number of rotatable bonds is 6. The van der Waals surface area contributed by atoms with Crippen molar-refractivity contribution in [2.45, 2.75) is 45.5 Å². The van der Waals surface area contributed by atoms with Crippen molar-refractivity contribution in [2.24, 2.45) is 0 Å². The molecule has 0 heterocycles. The molecule has 24 heavy (non-hydrogen) atoms. The Morgan fingerprint density at radius 2 is 1.67 bits per heavy atom. The van der Waals surface area contributed by atoms with Crippen molar-refractivity contribution >= 4 is 0 Å². The first-order valence-electron chi connectivity index (χ1n) is 7.93. The topological polar surface area (TPSA) is 32.3 Å². The summed E-state index contributed by atoms with van der Waals surface area (Å²) in [6, 6.07) is 11.1. The molecule has 0 fully saturated rings. The number of aryl methyl sites for hydroxylation is 2. The van der Waals surface area contributed by atoms with Gasteiger partial charge in [0.15, 0.2) is 0 Å². The van der Waals surface area contributed by atoms with E-state index >= 15 is 0 Å². The predicted molar refractivity (Wildman–Crippen MR) is 88.9 cm³/mol. The van der Waals surface area contributed by atoms with Gasteiger partial charge in [0.2, 0.25) is 0 Å². The minimum absolute atomic E-state index is 0.237. The lowest BCUT2D eigenvalue weighted by atomic mass is 10.0. The normalized spacial score (nSPS) is 13.0. The molecule has 0 spiro atoms. The second-order valence-corrected chi connectivity index (χ2v) is 6.14.